The highest BCUT2D eigenvalue weighted by Gasteiger charge is 2.22. The Morgan fingerprint density at radius 2 is 1.79 bits per heavy atom. The average molecular weight is 463 g/mol. The average Bonchev–Trinajstić information content (AvgIpc) is 3.21. The van der Waals surface area contributed by atoms with Crippen LogP contribution in [0.1, 0.15) is 29.1 Å². The van der Waals surface area contributed by atoms with E-state index in [0.717, 1.165) is 66.9 Å². The van der Waals surface area contributed by atoms with Gasteiger partial charge in [0.2, 0.25) is 0 Å². The van der Waals surface area contributed by atoms with E-state index in [2.05, 4.69) is 19.9 Å². The minimum absolute atomic E-state index is 0.00906. The Hall–Kier alpha value is -2.88. The summed E-state index contributed by atoms with van der Waals surface area (Å²) in [6.45, 7) is 4.49. The largest absolute Gasteiger partial charge is 0.309 e. The number of benzene rings is 1. The molecule has 1 aliphatic carbocycles. The molecule has 2 aliphatic rings. The summed E-state index contributed by atoms with van der Waals surface area (Å²) in [6.07, 6.45) is 6.19. The number of rotatable bonds is 4. The lowest BCUT2D eigenvalue weighted by atomic mass is 9.97. The van der Waals surface area contributed by atoms with Crippen LogP contribution in [0.3, 0.4) is 0 Å². The first-order valence-corrected chi connectivity index (χ1v) is 12.4. The Morgan fingerprint density at radius 3 is 2.67 bits per heavy atom. The van der Waals surface area contributed by atoms with Crippen LogP contribution in [0.5, 0.6) is 0 Å². The number of aromatic nitrogens is 4. The van der Waals surface area contributed by atoms with E-state index in [0.29, 0.717) is 18.6 Å². The Morgan fingerprint density at radius 1 is 1.00 bits per heavy atom. The van der Waals surface area contributed by atoms with Gasteiger partial charge in [0.1, 0.15) is 10.7 Å². The highest BCUT2D eigenvalue weighted by atomic mass is 32.1. The zero-order chi connectivity index (χ0) is 22.4. The summed E-state index contributed by atoms with van der Waals surface area (Å²) in [5, 5.41) is 6.74. The third kappa shape index (κ3) is 3.90. The van der Waals surface area contributed by atoms with E-state index >= 15 is 0 Å². The molecule has 6 rings (SSSR count). The lowest BCUT2D eigenvalue weighted by Gasteiger charge is -2.34. The van der Waals surface area contributed by atoms with Gasteiger partial charge in [-0.2, -0.15) is 5.10 Å². The maximum atomic E-state index is 12.8. The molecule has 1 aliphatic heterocycles. The van der Waals surface area contributed by atoms with E-state index in [9.17, 15) is 9.59 Å². The van der Waals surface area contributed by atoms with Gasteiger partial charge in [0.05, 0.1) is 30.2 Å². The van der Waals surface area contributed by atoms with Crippen LogP contribution in [0.4, 0.5) is 0 Å². The smallest absolute Gasteiger partial charge is 0.275 e. The summed E-state index contributed by atoms with van der Waals surface area (Å²) in [5.74, 6) is 0.743. The molecular weight excluding hydrogens is 436 g/mol. The van der Waals surface area contributed by atoms with Crippen molar-refractivity contribution < 1.29 is 0 Å². The molecule has 1 N–H and O–H groups in total. The first-order valence-electron chi connectivity index (χ1n) is 11.6. The van der Waals surface area contributed by atoms with Crippen LogP contribution in [0.25, 0.3) is 21.0 Å². The van der Waals surface area contributed by atoms with Crippen LogP contribution in [0.15, 0.2) is 40.1 Å². The van der Waals surface area contributed by atoms with Crippen molar-refractivity contribution in [3.8, 4) is 0 Å². The van der Waals surface area contributed by atoms with Gasteiger partial charge in [-0.1, -0.05) is 18.2 Å². The van der Waals surface area contributed by atoms with Gasteiger partial charge >= 0.3 is 0 Å². The van der Waals surface area contributed by atoms with E-state index in [1.54, 1.807) is 22.2 Å². The number of nitrogens with one attached hydrogen (secondary N) is 1. The number of aryl methyl sites for hydroxylation is 2. The topological polar surface area (TPSA) is 87.1 Å². The maximum Gasteiger partial charge on any atom is 0.275 e. The first kappa shape index (κ1) is 20.7. The predicted molar refractivity (Wildman–Crippen MR) is 130 cm³/mol. The highest BCUT2D eigenvalue weighted by molar-refractivity contribution is 7.18. The monoisotopic (exact) mass is 462 g/mol. The van der Waals surface area contributed by atoms with Crippen LogP contribution < -0.4 is 11.1 Å². The number of piperazine rings is 1. The van der Waals surface area contributed by atoms with Crippen molar-refractivity contribution in [3.63, 3.8) is 0 Å². The number of fused-ring (bicyclic) bond motifs is 4. The molecule has 4 aromatic rings. The minimum atomic E-state index is -0.0516. The van der Waals surface area contributed by atoms with Gasteiger partial charge in [0.15, 0.2) is 0 Å². The van der Waals surface area contributed by atoms with Crippen molar-refractivity contribution in [1.29, 1.82) is 0 Å². The normalized spacial score (nSPS) is 17.6. The van der Waals surface area contributed by atoms with Crippen molar-refractivity contribution in [2.24, 2.45) is 0 Å². The molecule has 33 heavy (non-hydrogen) atoms. The highest BCUT2D eigenvalue weighted by Crippen LogP contribution is 2.33. The number of nitrogens with zero attached hydrogens (tertiary/aromatic N) is 5. The zero-order valence-electron chi connectivity index (χ0n) is 18.4. The second kappa shape index (κ2) is 8.48. The summed E-state index contributed by atoms with van der Waals surface area (Å²) in [4.78, 5) is 40.2. The molecule has 9 heteroatoms. The van der Waals surface area contributed by atoms with Crippen molar-refractivity contribution >= 4 is 32.3 Å². The molecule has 0 radical (unpaired) electrons. The third-order valence-corrected chi connectivity index (χ3v) is 7.99. The third-order valence-electron chi connectivity index (χ3n) is 6.81. The van der Waals surface area contributed by atoms with E-state index in [1.165, 1.54) is 16.9 Å². The minimum Gasteiger partial charge on any atom is -0.309 e. The number of H-pyrrole nitrogens is 1. The lowest BCUT2D eigenvalue weighted by Crippen LogP contribution is -2.47. The number of aromatic amines is 1. The van der Waals surface area contributed by atoms with Crippen molar-refractivity contribution in [2.75, 3.05) is 26.2 Å². The summed E-state index contributed by atoms with van der Waals surface area (Å²) in [5.41, 5.74) is 1.19. The van der Waals surface area contributed by atoms with Crippen LogP contribution >= 0.6 is 11.3 Å². The number of thiophene rings is 1. The Bertz CT molecular complexity index is 1450. The fourth-order valence-corrected chi connectivity index (χ4v) is 6.28. The van der Waals surface area contributed by atoms with E-state index in [-0.39, 0.29) is 11.1 Å². The summed E-state index contributed by atoms with van der Waals surface area (Å²) >= 11 is 1.70. The molecule has 1 saturated heterocycles. The Balaban J connectivity index is 1.13. The van der Waals surface area contributed by atoms with Crippen molar-refractivity contribution in [2.45, 2.75) is 38.9 Å². The molecule has 8 nitrogen and oxygen atoms in total. The van der Waals surface area contributed by atoms with Crippen LogP contribution in [-0.4, -0.2) is 55.7 Å². The van der Waals surface area contributed by atoms with Crippen LogP contribution in [-0.2, 0) is 26.1 Å². The van der Waals surface area contributed by atoms with E-state index in [4.69, 9.17) is 4.98 Å². The molecule has 0 saturated carbocycles. The molecule has 0 atom stereocenters. The fourth-order valence-electron chi connectivity index (χ4n) is 5.00. The van der Waals surface area contributed by atoms with Gasteiger partial charge in [-0.25, -0.2) is 9.67 Å². The molecule has 0 bridgehead atoms. The van der Waals surface area contributed by atoms with Gasteiger partial charge in [-0.3, -0.25) is 19.4 Å². The van der Waals surface area contributed by atoms with Gasteiger partial charge in [0, 0.05) is 36.4 Å². The molecule has 170 valence electrons. The zero-order valence-corrected chi connectivity index (χ0v) is 19.2. The van der Waals surface area contributed by atoms with E-state index < -0.39 is 0 Å². The molecule has 4 heterocycles. The van der Waals surface area contributed by atoms with Crippen LogP contribution in [0, 0.1) is 0 Å². The molecule has 3 aromatic heterocycles. The Labute approximate surface area is 194 Å². The summed E-state index contributed by atoms with van der Waals surface area (Å²) in [7, 11) is 0. The predicted octanol–water partition coefficient (Wildman–Crippen LogP) is 2.35. The molecule has 0 spiro atoms. The summed E-state index contributed by atoms with van der Waals surface area (Å²) in [6, 6.07) is 7.56. The van der Waals surface area contributed by atoms with E-state index in [1.807, 2.05) is 24.3 Å². The molecular formula is C24H26N6O2S. The standard InChI is InChI=1S/C24H26N6O2S/c31-22-21-18-7-3-4-8-19(18)33-23(21)27-20(26-22)14-28-9-11-29(12-10-28)15-30-24(32)17-6-2-1-5-16(17)13-25-30/h1-2,5-6,13H,3-4,7-12,14-15H2,(H,26,27,31). The SMILES string of the molecule is O=c1[nH]c(CN2CCN(Cn3ncc4ccccc4c3=O)CC2)nc2sc3c(c12)CCCC3. The van der Waals surface area contributed by atoms with Crippen molar-refractivity contribution in [3.05, 3.63) is 67.4 Å². The molecule has 0 amide bonds. The van der Waals surface area contributed by atoms with Crippen LogP contribution in [0.2, 0.25) is 0 Å². The molecule has 0 unspecified atom stereocenters. The summed E-state index contributed by atoms with van der Waals surface area (Å²) < 4.78 is 1.55. The fraction of sp³-hybridized carbons (Fsp3) is 0.417. The lowest BCUT2D eigenvalue weighted by molar-refractivity contribution is 0.0956. The Kier molecular flexibility index (Phi) is 5.32. The van der Waals surface area contributed by atoms with Crippen molar-refractivity contribution in [1.82, 2.24) is 29.5 Å². The maximum absolute atomic E-state index is 12.8. The first-order chi connectivity index (χ1) is 16.2. The second-order valence-electron chi connectivity index (χ2n) is 8.98. The van der Waals surface area contributed by atoms with Gasteiger partial charge in [-0.05, 0) is 37.3 Å². The molecule has 1 aromatic carbocycles. The number of hydrogen-bond donors (Lipinski definition) is 1. The quantitative estimate of drug-likeness (QED) is 0.501. The van der Waals surface area contributed by atoms with Gasteiger partial charge in [0.25, 0.3) is 11.1 Å². The number of hydrogen-bond acceptors (Lipinski definition) is 7. The second-order valence-corrected chi connectivity index (χ2v) is 10.1. The van der Waals surface area contributed by atoms with Gasteiger partial charge < -0.3 is 4.98 Å². The van der Waals surface area contributed by atoms with Gasteiger partial charge in [-0.15, -0.1) is 11.3 Å². The molecule has 1 fully saturated rings.